The Kier molecular flexibility index (Phi) is 5.54. The summed E-state index contributed by atoms with van der Waals surface area (Å²) < 4.78 is 0. The van der Waals surface area contributed by atoms with Crippen molar-refractivity contribution >= 4 is 22.4 Å². The lowest BCUT2D eigenvalue weighted by Crippen LogP contribution is -2.44. The van der Waals surface area contributed by atoms with E-state index in [9.17, 15) is 4.79 Å². The largest absolute Gasteiger partial charge is 0.396 e. The Morgan fingerprint density at radius 1 is 1.35 bits per heavy atom. The average Bonchev–Trinajstić information content (AvgIpc) is 3.21. The number of hydrogen-bond acceptors (Lipinski definition) is 5. The third kappa shape index (κ3) is 3.86. The van der Waals surface area contributed by atoms with Crippen molar-refractivity contribution in [3.05, 3.63) is 11.1 Å². The number of likely N-dealkylation sites (tertiary alicyclic amines) is 1. The second-order valence-electron chi connectivity index (χ2n) is 6.73. The first-order chi connectivity index (χ1) is 11.2. The predicted octanol–water partition coefficient (Wildman–Crippen LogP) is 2.43. The smallest absolute Gasteiger partial charge is 0.226 e. The van der Waals surface area contributed by atoms with Gasteiger partial charge in [-0.25, -0.2) is 4.98 Å². The van der Waals surface area contributed by atoms with Crippen LogP contribution in [0, 0.1) is 12.8 Å². The maximum Gasteiger partial charge on any atom is 0.226 e. The standard InChI is InChI=1S/C17H27N3O2S/c1-13-12-23-17(18-13)19-9-6-14(7-10-19)16(22)20-8-2-4-15(20)5-3-11-21/h12,14-15,21H,2-11H2,1H3. The number of carbonyl (C=O) groups is 1. The summed E-state index contributed by atoms with van der Waals surface area (Å²) in [4.78, 5) is 21.8. The number of thiazole rings is 1. The summed E-state index contributed by atoms with van der Waals surface area (Å²) in [5, 5.41) is 12.2. The van der Waals surface area contributed by atoms with Gasteiger partial charge in [-0.05, 0) is 45.4 Å². The second-order valence-corrected chi connectivity index (χ2v) is 7.56. The lowest BCUT2D eigenvalue weighted by Gasteiger charge is -2.34. The third-order valence-electron chi connectivity index (χ3n) is 5.08. The summed E-state index contributed by atoms with van der Waals surface area (Å²) in [5.41, 5.74) is 1.08. The van der Waals surface area contributed by atoms with Gasteiger partial charge in [-0.2, -0.15) is 0 Å². The third-order valence-corrected chi connectivity index (χ3v) is 6.10. The predicted molar refractivity (Wildman–Crippen MR) is 92.8 cm³/mol. The highest BCUT2D eigenvalue weighted by Crippen LogP contribution is 2.30. The van der Waals surface area contributed by atoms with Gasteiger partial charge >= 0.3 is 0 Å². The summed E-state index contributed by atoms with van der Waals surface area (Å²) in [6.07, 6.45) is 5.82. The maximum atomic E-state index is 12.9. The van der Waals surface area contributed by atoms with Crippen LogP contribution in [0.15, 0.2) is 5.38 Å². The number of aryl methyl sites for hydroxylation is 1. The normalized spacial score (nSPS) is 22.8. The van der Waals surface area contributed by atoms with Crippen LogP contribution in [0.4, 0.5) is 5.13 Å². The van der Waals surface area contributed by atoms with Gasteiger partial charge in [0.05, 0.1) is 5.69 Å². The van der Waals surface area contributed by atoms with E-state index in [2.05, 4.69) is 20.2 Å². The molecule has 1 amide bonds. The van der Waals surface area contributed by atoms with Crippen molar-refractivity contribution < 1.29 is 9.90 Å². The van der Waals surface area contributed by atoms with Gasteiger partial charge in [-0.15, -0.1) is 11.3 Å². The molecule has 0 aliphatic carbocycles. The molecule has 2 saturated heterocycles. The Morgan fingerprint density at radius 3 is 2.78 bits per heavy atom. The van der Waals surface area contributed by atoms with E-state index in [1.165, 1.54) is 0 Å². The Labute approximate surface area is 142 Å². The molecule has 2 aliphatic rings. The quantitative estimate of drug-likeness (QED) is 0.896. The van der Waals surface area contributed by atoms with E-state index in [1.807, 2.05) is 6.92 Å². The minimum Gasteiger partial charge on any atom is -0.396 e. The number of amides is 1. The fourth-order valence-electron chi connectivity index (χ4n) is 3.79. The summed E-state index contributed by atoms with van der Waals surface area (Å²) in [6, 6.07) is 0.356. The van der Waals surface area contributed by atoms with E-state index in [-0.39, 0.29) is 12.5 Å². The van der Waals surface area contributed by atoms with Crippen LogP contribution in [-0.4, -0.2) is 53.2 Å². The molecule has 2 aliphatic heterocycles. The van der Waals surface area contributed by atoms with Crippen LogP contribution in [0.1, 0.15) is 44.2 Å². The minimum absolute atomic E-state index is 0.169. The molecule has 0 aromatic carbocycles. The number of aliphatic hydroxyl groups excluding tert-OH is 1. The van der Waals surface area contributed by atoms with E-state index in [1.54, 1.807) is 11.3 Å². The number of piperidine rings is 1. The Morgan fingerprint density at radius 2 is 2.13 bits per heavy atom. The minimum atomic E-state index is 0.169. The number of nitrogens with zero attached hydrogens (tertiary/aromatic N) is 3. The van der Waals surface area contributed by atoms with Gasteiger partial charge in [0, 0.05) is 43.6 Å². The van der Waals surface area contributed by atoms with Crippen LogP contribution in [-0.2, 0) is 4.79 Å². The van der Waals surface area contributed by atoms with Gasteiger partial charge in [-0.1, -0.05) is 0 Å². The van der Waals surface area contributed by atoms with Gasteiger partial charge in [0.2, 0.25) is 5.91 Å². The van der Waals surface area contributed by atoms with Crippen molar-refractivity contribution in [3.8, 4) is 0 Å². The molecular formula is C17H27N3O2S. The molecule has 0 radical (unpaired) electrons. The Hall–Kier alpha value is -1.14. The Balaban J connectivity index is 1.53. The molecular weight excluding hydrogens is 310 g/mol. The van der Waals surface area contributed by atoms with Crippen molar-refractivity contribution in [2.75, 3.05) is 31.1 Å². The number of hydrogen-bond donors (Lipinski definition) is 1. The summed E-state index contributed by atoms with van der Waals surface area (Å²) in [6.45, 7) is 5.01. The van der Waals surface area contributed by atoms with Crippen LogP contribution in [0.2, 0.25) is 0 Å². The molecule has 1 atom stereocenters. The SMILES string of the molecule is Cc1csc(N2CCC(C(=O)N3CCCC3CCCO)CC2)n1. The van der Waals surface area contributed by atoms with E-state index in [0.717, 1.165) is 69.0 Å². The molecule has 23 heavy (non-hydrogen) atoms. The van der Waals surface area contributed by atoms with Crippen LogP contribution < -0.4 is 4.90 Å². The van der Waals surface area contributed by atoms with Crippen LogP contribution in [0.5, 0.6) is 0 Å². The topological polar surface area (TPSA) is 56.7 Å². The molecule has 128 valence electrons. The number of rotatable bonds is 5. The highest BCUT2D eigenvalue weighted by atomic mass is 32.1. The van der Waals surface area contributed by atoms with Gasteiger partial charge < -0.3 is 14.9 Å². The summed E-state index contributed by atoms with van der Waals surface area (Å²) in [7, 11) is 0. The van der Waals surface area contributed by atoms with Gasteiger partial charge in [0.15, 0.2) is 5.13 Å². The van der Waals surface area contributed by atoms with E-state index < -0.39 is 0 Å². The van der Waals surface area contributed by atoms with Gasteiger partial charge in [-0.3, -0.25) is 4.79 Å². The molecule has 0 spiro atoms. The first-order valence-corrected chi connectivity index (χ1v) is 9.65. The molecule has 1 N–H and O–H groups in total. The average molecular weight is 337 g/mol. The summed E-state index contributed by atoms with van der Waals surface area (Å²) >= 11 is 1.70. The second kappa shape index (κ2) is 7.62. The van der Waals surface area contributed by atoms with Crippen LogP contribution in [0.3, 0.4) is 0 Å². The highest BCUT2D eigenvalue weighted by molar-refractivity contribution is 7.13. The van der Waals surface area contributed by atoms with Crippen molar-refractivity contribution in [1.82, 2.24) is 9.88 Å². The molecule has 6 heteroatoms. The molecule has 1 unspecified atom stereocenters. The van der Waals surface area contributed by atoms with Gasteiger partial charge in [0.25, 0.3) is 0 Å². The van der Waals surface area contributed by atoms with Crippen LogP contribution >= 0.6 is 11.3 Å². The van der Waals surface area contributed by atoms with E-state index >= 15 is 0 Å². The zero-order chi connectivity index (χ0) is 16.2. The van der Waals surface area contributed by atoms with E-state index in [0.29, 0.717) is 11.9 Å². The molecule has 0 bridgehead atoms. The Bertz CT molecular complexity index is 526. The van der Waals surface area contributed by atoms with Crippen molar-refractivity contribution in [2.45, 2.75) is 51.5 Å². The number of aromatic nitrogens is 1. The lowest BCUT2D eigenvalue weighted by atomic mass is 9.95. The van der Waals surface area contributed by atoms with Crippen molar-refractivity contribution in [3.63, 3.8) is 0 Å². The first kappa shape index (κ1) is 16.7. The zero-order valence-corrected chi connectivity index (χ0v) is 14.7. The molecule has 1 aromatic heterocycles. The maximum absolute atomic E-state index is 12.9. The highest BCUT2D eigenvalue weighted by Gasteiger charge is 2.34. The van der Waals surface area contributed by atoms with Crippen molar-refractivity contribution in [2.24, 2.45) is 5.92 Å². The van der Waals surface area contributed by atoms with Gasteiger partial charge in [0.1, 0.15) is 0 Å². The number of aliphatic hydroxyl groups is 1. The molecule has 5 nitrogen and oxygen atoms in total. The number of anilines is 1. The molecule has 3 heterocycles. The molecule has 3 rings (SSSR count). The first-order valence-electron chi connectivity index (χ1n) is 8.77. The molecule has 2 fully saturated rings. The molecule has 0 saturated carbocycles. The van der Waals surface area contributed by atoms with E-state index in [4.69, 9.17) is 5.11 Å². The lowest BCUT2D eigenvalue weighted by molar-refractivity contribution is -0.137. The fraction of sp³-hybridized carbons (Fsp3) is 0.765. The van der Waals surface area contributed by atoms with Crippen LogP contribution in [0.25, 0.3) is 0 Å². The summed E-state index contributed by atoms with van der Waals surface area (Å²) in [5.74, 6) is 0.516. The fourth-order valence-corrected chi connectivity index (χ4v) is 4.65. The zero-order valence-electron chi connectivity index (χ0n) is 13.9. The van der Waals surface area contributed by atoms with Crippen molar-refractivity contribution in [1.29, 1.82) is 0 Å². The number of carbonyl (C=O) groups excluding carboxylic acids is 1. The monoisotopic (exact) mass is 337 g/mol. The molecule has 1 aromatic rings.